The molecule has 0 heterocycles. The summed E-state index contributed by atoms with van der Waals surface area (Å²) in [4.78, 5) is 11.7. The fourth-order valence-corrected chi connectivity index (χ4v) is 2.28. The van der Waals surface area contributed by atoms with E-state index < -0.39 is 0 Å². The van der Waals surface area contributed by atoms with E-state index in [4.69, 9.17) is 0 Å². The van der Waals surface area contributed by atoms with Crippen LogP contribution in [-0.4, -0.2) is 12.6 Å². The van der Waals surface area contributed by atoms with E-state index in [9.17, 15) is 9.18 Å². The number of rotatable bonds is 5. The number of nitrogens with one attached hydrogen (secondary N) is 2. The number of benzene rings is 2. The molecule has 0 aliphatic rings. The molecular formula is C16H16BrFN2O. The van der Waals surface area contributed by atoms with E-state index in [0.29, 0.717) is 19.5 Å². The Morgan fingerprint density at radius 3 is 2.48 bits per heavy atom. The molecule has 5 heteroatoms. The summed E-state index contributed by atoms with van der Waals surface area (Å²) in [6, 6.07) is 13.8. The zero-order valence-corrected chi connectivity index (χ0v) is 13.0. The molecular weight excluding hydrogens is 335 g/mol. The van der Waals surface area contributed by atoms with Gasteiger partial charge in [0.1, 0.15) is 5.82 Å². The number of hydrogen-bond acceptors (Lipinski definition) is 1. The molecule has 0 aromatic heterocycles. The molecule has 2 amide bonds. The van der Waals surface area contributed by atoms with Gasteiger partial charge in [0.25, 0.3) is 0 Å². The Balaban J connectivity index is 1.70. The highest BCUT2D eigenvalue weighted by atomic mass is 79.9. The Kier molecular flexibility index (Phi) is 5.75. The van der Waals surface area contributed by atoms with E-state index in [0.717, 1.165) is 15.6 Å². The lowest BCUT2D eigenvalue weighted by Crippen LogP contribution is -2.36. The average Bonchev–Trinajstić information content (AvgIpc) is 2.48. The number of carbonyl (C=O) groups excluding carboxylic acids is 1. The predicted molar refractivity (Wildman–Crippen MR) is 84.5 cm³/mol. The Bertz CT molecular complexity index is 601. The molecule has 0 aliphatic heterocycles. The van der Waals surface area contributed by atoms with E-state index >= 15 is 0 Å². The fraction of sp³-hybridized carbons (Fsp3) is 0.188. The molecule has 0 atom stereocenters. The van der Waals surface area contributed by atoms with Crippen LogP contribution in [0, 0.1) is 5.82 Å². The van der Waals surface area contributed by atoms with Crippen molar-refractivity contribution in [1.29, 1.82) is 0 Å². The van der Waals surface area contributed by atoms with Gasteiger partial charge >= 0.3 is 6.03 Å². The topological polar surface area (TPSA) is 41.1 Å². The third-order valence-corrected chi connectivity index (χ3v) is 3.78. The number of halogens is 2. The van der Waals surface area contributed by atoms with E-state index in [1.54, 1.807) is 12.1 Å². The van der Waals surface area contributed by atoms with Crippen LogP contribution >= 0.6 is 15.9 Å². The molecule has 0 aliphatic carbocycles. The monoisotopic (exact) mass is 350 g/mol. The number of carbonyl (C=O) groups is 1. The quantitative estimate of drug-likeness (QED) is 0.849. The highest BCUT2D eigenvalue weighted by molar-refractivity contribution is 9.10. The van der Waals surface area contributed by atoms with Crippen LogP contribution < -0.4 is 10.6 Å². The van der Waals surface area contributed by atoms with Gasteiger partial charge in [-0.25, -0.2) is 9.18 Å². The van der Waals surface area contributed by atoms with Crippen LogP contribution in [0.25, 0.3) is 0 Å². The molecule has 110 valence electrons. The van der Waals surface area contributed by atoms with Crippen molar-refractivity contribution in [2.45, 2.75) is 13.0 Å². The SMILES string of the molecule is O=C(NCCc1ccc(F)cc1)NCc1ccccc1Br. The van der Waals surface area contributed by atoms with Crippen LogP contribution in [0.4, 0.5) is 9.18 Å². The minimum absolute atomic E-state index is 0.215. The Morgan fingerprint density at radius 2 is 1.76 bits per heavy atom. The standard InChI is InChI=1S/C16H16BrFN2O/c17-15-4-2-1-3-13(15)11-20-16(21)19-10-9-12-5-7-14(18)8-6-12/h1-8H,9-11H2,(H2,19,20,21). The molecule has 21 heavy (non-hydrogen) atoms. The van der Waals surface area contributed by atoms with Crippen molar-refractivity contribution >= 4 is 22.0 Å². The minimum Gasteiger partial charge on any atom is -0.338 e. The Hall–Kier alpha value is -1.88. The van der Waals surface area contributed by atoms with E-state index in [-0.39, 0.29) is 11.8 Å². The number of urea groups is 1. The van der Waals surface area contributed by atoms with Crippen molar-refractivity contribution in [2.75, 3.05) is 6.54 Å². The second-order valence-electron chi connectivity index (χ2n) is 4.58. The fourth-order valence-electron chi connectivity index (χ4n) is 1.85. The van der Waals surface area contributed by atoms with E-state index in [1.165, 1.54) is 12.1 Å². The van der Waals surface area contributed by atoms with Crippen LogP contribution in [0.3, 0.4) is 0 Å². The molecule has 0 radical (unpaired) electrons. The number of amides is 2. The maximum atomic E-state index is 12.7. The molecule has 0 fully saturated rings. The van der Waals surface area contributed by atoms with Crippen molar-refractivity contribution in [3.05, 3.63) is 69.9 Å². The van der Waals surface area contributed by atoms with Gasteiger partial charge in [0, 0.05) is 17.6 Å². The lowest BCUT2D eigenvalue weighted by Gasteiger charge is -2.09. The highest BCUT2D eigenvalue weighted by Gasteiger charge is 2.02. The van der Waals surface area contributed by atoms with Crippen molar-refractivity contribution in [3.63, 3.8) is 0 Å². The van der Waals surface area contributed by atoms with Crippen LogP contribution in [0.15, 0.2) is 53.0 Å². The zero-order valence-electron chi connectivity index (χ0n) is 11.4. The molecule has 2 aromatic rings. The first-order chi connectivity index (χ1) is 10.1. The van der Waals surface area contributed by atoms with Gasteiger partial charge in [-0.15, -0.1) is 0 Å². The first kappa shape index (κ1) is 15.5. The summed E-state index contributed by atoms with van der Waals surface area (Å²) in [5, 5.41) is 5.57. The molecule has 2 rings (SSSR count). The van der Waals surface area contributed by atoms with Gasteiger partial charge in [-0.3, -0.25) is 0 Å². The van der Waals surface area contributed by atoms with Gasteiger partial charge in [0.05, 0.1) is 0 Å². The number of hydrogen-bond donors (Lipinski definition) is 2. The van der Waals surface area contributed by atoms with Gasteiger partial charge in [-0.1, -0.05) is 46.3 Å². The molecule has 2 aromatic carbocycles. The average molecular weight is 351 g/mol. The van der Waals surface area contributed by atoms with Crippen LogP contribution in [-0.2, 0) is 13.0 Å². The van der Waals surface area contributed by atoms with E-state index in [1.807, 2.05) is 24.3 Å². The molecule has 0 spiro atoms. The second-order valence-corrected chi connectivity index (χ2v) is 5.43. The van der Waals surface area contributed by atoms with Gasteiger partial charge in [-0.05, 0) is 35.7 Å². The third-order valence-electron chi connectivity index (χ3n) is 3.01. The summed E-state index contributed by atoms with van der Waals surface area (Å²) < 4.78 is 13.7. The summed E-state index contributed by atoms with van der Waals surface area (Å²) in [6.07, 6.45) is 0.669. The summed E-state index contributed by atoms with van der Waals surface area (Å²) in [7, 11) is 0. The lowest BCUT2D eigenvalue weighted by molar-refractivity contribution is 0.240. The first-order valence-electron chi connectivity index (χ1n) is 6.65. The highest BCUT2D eigenvalue weighted by Crippen LogP contribution is 2.15. The Morgan fingerprint density at radius 1 is 1.05 bits per heavy atom. The summed E-state index contributed by atoms with van der Waals surface area (Å²) >= 11 is 3.43. The molecule has 3 nitrogen and oxygen atoms in total. The first-order valence-corrected chi connectivity index (χ1v) is 7.44. The smallest absolute Gasteiger partial charge is 0.315 e. The van der Waals surface area contributed by atoms with Crippen LogP contribution in [0.5, 0.6) is 0 Å². The molecule has 0 unspecified atom stereocenters. The normalized spacial score (nSPS) is 10.2. The second kappa shape index (κ2) is 7.78. The minimum atomic E-state index is -0.252. The van der Waals surface area contributed by atoms with Gasteiger partial charge in [0.2, 0.25) is 0 Å². The van der Waals surface area contributed by atoms with Crippen molar-refractivity contribution in [2.24, 2.45) is 0 Å². The maximum Gasteiger partial charge on any atom is 0.315 e. The lowest BCUT2D eigenvalue weighted by atomic mass is 10.1. The summed E-state index contributed by atoms with van der Waals surface area (Å²) in [5.41, 5.74) is 2.01. The molecule has 0 saturated carbocycles. The van der Waals surface area contributed by atoms with Gasteiger partial charge in [0.15, 0.2) is 0 Å². The van der Waals surface area contributed by atoms with E-state index in [2.05, 4.69) is 26.6 Å². The largest absolute Gasteiger partial charge is 0.338 e. The van der Waals surface area contributed by atoms with Crippen molar-refractivity contribution < 1.29 is 9.18 Å². The predicted octanol–water partition coefficient (Wildman–Crippen LogP) is 3.63. The molecule has 0 bridgehead atoms. The third kappa shape index (κ3) is 5.19. The van der Waals surface area contributed by atoms with Crippen LogP contribution in [0.2, 0.25) is 0 Å². The summed E-state index contributed by atoms with van der Waals surface area (Å²) in [5.74, 6) is -0.252. The Labute approximate surface area is 131 Å². The van der Waals surface area contributed by atoms with Crippen LogP contribution in [0.1, 0.15) is 11.1 Å². The van der Waals surface area contributed by atoms with Gasteiger partial charge in [-0.2, -0.15) is 0 Å². The zero-order chi connectivity index (χ0) is 15.1. The molecule has 2 N–H and O–H groups in total. The maximum absolute atomic E-state index is 12.7. The summed E-state index contributed by atoms with van der Waals surface area (Å²) in [6.45, 7) is 0.969. The molecule has 0 saturated heterocycles. The van der Waals surface area contributed by atoms with Gasteiger partial charge < -0.3 is 10.6 Å². The van der Waals surface area contributed by atoms with Crippen molar-refractivity contribution in [1.82, 2.24) is 10.6 Å². The van der Waals surface area contributed by atoms with Crippen molar-refractivity contribution in [3.8, 4) is 0 Å².